The van der Waals surface area contributed by atoms with Crippen LogP contribution in [0.15, 0.2) is 12.1 Å². The van der Waals surface area contributed by atoms with Crippen molar-refractivity contribution in [3.8, 4) is 0 Å². The maximum absolute atomic E-state index is 11.6. The first-order valence-corrected chi connectivity index (χ1v) is 6.43. The minimum atomic E-state index is -1.12. The van der Waals surface area contributed by atoms with Crippen LogP contribution < -0.4 is 10.6 Å². The third-order valence-electron chi connectivity index (χ3n) is 2.26. The van der Waals surface area contributed by atoms with Crippen LogP contribution in [0.25, 0.3) is 0 Å². The molecule has 104 valence electrons. The third-order valence-corrected chi connectivity index (χ3v) is 3.07. The number of halogens is 3. The van der Waals surface area contributed by atoms with Gasteiger partial charge in [-0.1, -0.05) is 41.7 Å². The fourth-order valence-corrected chi connectivity index (χ4v) is 2.22. The Morgan fingerprint density at radius 1 is 1.26 bits per heavy atom. The molecule has 5 nitrogen and oxygen atoms in total. The van der Waals surface area contributed by atoms with Gasteiger partial charge < -0.3 is 15.7 Å². The second-order valence-electron chi connectivity index (χ2n) is 3.64. The maximum Gasteiger partial charge on any atom is 0.326 e. The van der Waals surface area contributed by atoms with Crippen LogP contribution in [0.1, 0.15) is 13.3 Å². The minimum absolute atomic E-state index is 0.163. The number of carboxylic acid groups (broad SMARTS) is 1. The van der Waals surface area contributed by atoms with Crippen molar-refractivity contribution in [1.82, 2.24) is 5.32 Å². The lowest BCUT2D eigenvalue weighted by molar-refractivity contribution is -0.139. The van der Waals surface area contributed by atoms with Crippen LogP contribution >= 0.6 is 34.8 Å². The van der Waals surface area contributed by atoms with Gasteiger partial charge in [-0.3, -0.25) is 0 Å². The number of anilines is 1. The van der Waals surface area contributed by atoms with Gasteiger partial charge in [-0.15, -0.1) is 0 Å². The Labute approximate surface area is 124 Å². The fourth-order valence-electron chi connectivity index (χ4n) is 1.31. The van der Waals surface area contributed by atoms with Gasteiger partial charge in [0.25, 0.3) is 0 Å². The lowest BCUT2D eigenvalue weighted by atomic mass is 10.2. The number of benzene rings is 1. The maximum atomic E-state index is 11.6. The van der Waals surface area contributed by atoms with Crippen molar-refractivity contribution in [1.29, 1.82) is 0 Å². The number of amides is 2. The summed E-state index contributed by atoms with van der Waals surface area (Å²) in [5.74, 6) is -1.12. The molecule has 0 aromatic heterocycles. The van der Waals surface area contributed by atoms with Crippen molar-refractivity contribution >= 4 is 52.5 Å². The molecule has 3 N–H and O–H groups in total. The van der Waals surface area contributed by atoms with Crippen molar-refractivity contribution in [2.75, 3.05) is 5.32 Å². The summed E-state index contributed by atoms with van der Waals surface area (Å²) in [6, 6.07) is 1.14. The molecule has 0 bridgehead atoms. The largest absolute Gasteiger partial charge is 0.480 e. The zero-order valence-corrected chi connectivity index (χ0v) is 12.1. The van der Waals surface area contributed by atoms with Crippen molar-refractivity contribution in [2.45, 2.75) is 19.4 Å². The Morgan fingerprint density at radius 2 is 1.79 bits per heavy atom. The number of nitrogens with one attached hydrogen (secondary N) is 2. The molecule has 0 fully saturated rings. The molecule has 0 heterocycles. The van der Waals surface area contributed by atoms with Crippen molar-refractivity contribution < 1.29 is 14.7 Å². The molecule has 0 aliphatic rings. The van der Waals surface area contributed by atoms with E-state index in [0.29, 0.717) is 5.02 Å². The van der Waals surface area contributed by atoms with Gasteiger partial charge in [-0.25, -0.2) is 9.59 Å². The highest BCUT2D eigenvalue weighted by molar-refractivity contribution is 6.42. The summed E-state index contributed by atoms with van der Waals surface area (Å²) >= 11 is 17.5. The highest BCUT2D eigenvalue weighted by Crippen LogP contribution is 2.33. The zero-order chi connectivity index (χ0) is 14.6. The summed E-state index contributed by atoms with van der Waals surface area (Å²) in [6.07, 6.45) is 0.255. The van der Waals surface area contributed by atoms with Gasteiger partial charge in [0.15, 0.2) is 0 Å². The van der Waals surface area contributed by atoms with E-state index in [-0.39, 0.29) is 22.2 Å². The van der Waals surface area contributed by atoms with Gasteiger partial charge in [0, 0.05) is 5.02 Å². The Balaban J connectivity index is 2.80. The molecule has 1 atom stereocenters. The minimum Gasteiger partial charge on any atom is -0.480 e. The smallest absolute Gasteiger partial charge is 0.326 e. The van der Waals surface area contributed by atoms with Crippen LogP contribution in [-0.2, 0) is 4.79 Å². The van der Waals surface area contributed by atoms with Gasteiger partial charge in [0.2, 0.25) is 0 Å². The third kappa shape index (κ3) is 4.45. The van der Waals surface area contributed by atoms with Crippen LogP contribution in [0.5, 0.6) is 0 Å². The second kappa shape index (κ2) is 6.84. The summed E-state index contributed by atoms with van der Waals surface area (Å²) in [5.41, 5.74) is 0.172. The molecule has 0 saturated heterocycles. The predicted octanol–water partition coefficient (Wildman–Crippen LogP) is 3.63. The van der Waals surface area contributed by atoms with Crippen LogP contribution in [0.4, 0.5) is 10.5 Å². The van der Waals surface area contributed by atoms with Gasteiger partial charge in [-0.05, 0) is 18.6 Å². The molecule has 1 aromatic rings. The Hall–Kier alpha value is -1.17. The molecule has 0 radical (unpaired) electrons. The van der Waals surface area contributed by atoms with Gasteiger partial charge in [0.05, 0.1) is 15.7 Å². The number of carbonyl (C=O) groups excluding carboxylic acids is 1. The normalized spacial score (nSPS) is 11.8. The lowest BCUT2D eigenvalue weighted by Crippen LogP contribution is -2.42. The molecular weight excluding hydrogens is 314 g/mol. The zero-order valence-electron chi connectivity index (χ0n) is 9.84. The van der Waals surface area contributed by atoms with Crippen LogP contribution in [0.2, 0.25) is 15.1 Å². The van der Waals surface area contributed by atoms with Crippen molar-refractivity contribution in [2.24, 2.45) is 0 Å². The predicted molar refractivity (Wildman–Crippen MR) is 75.3 cm³/mol. The monoisotopic (exact) mass is 324 g/mol. The van der Waals surface area contributed by atoms with Crippen LogP contribution in [0.3, 0.4) is 0 Å². The van der Waals surface area contributed by atoms with E-state index < -0.39 is 18.0 Å². The number of aliphatic carboxylic acids is 1. The molecule has 0 aliphatic heterocycles. The number of hydrogen-bond acceptors (Lipinski definition) is 2. The van der Waals surface area contributed by atoms with E-state index >= 15 is 0 Å². The Kier molecular flexibility index (Phi) is 5.72. The fraction of sp³-hybridized carbons (Fsp3) is 0.273. The lowest BCUT2D eigenvalue weighted by Gasteiger charge is -2.14. The first kappa shape index (κ1) is 15.9. The molecule has 1 unspecified atom stereocenters. The summed E-state index contributed by atoms with van der Waals surface area (Å²) in [5, 5.41) is 14.2. The van der Waals surface area contributed by atoms with Crippen molar-refractivity contribution in [3.63, 3.8) is 0 Å². The van der Waals surface area contributed by atoms with E-state index in [1.54, 1.807) is 6.92 Å². The summed E-state index contributed by atoms with van der Waals surface area (Å²) in [7, 11) is 0. The average Bonchev–Trinajstić information content (AvgIpc) is 2.30. The molecule has 0 saturated carbocycles. The highest BCUT2D eigenvalue weighted by atomic mass is 35.5. The van der Waals surface area contributed by atoms with E-state index in [4.69, 9.17) is 39.9 Å². The Bertz CT molecular complexity index is 485. The second-order valence-corrected chi connectivity index (χ2v) is 4.89. The quantitative estimate of drug-likeness (QED) is 0.791. The van der Waals surface area contributed by atoms with E-state index in [9.17, 15) is 9.59 Å². The first-order chi connectivity index (χ1) is 8.85. The Morgan fingerprint density at radius 3 is 2.21 bits per heavy atom. The average molecular weight is 326 g/mol. The summed E-state index contributed by atoms with van der Waals surface area (Å²) < 4.78 is 0. The number of rotatable bonds is 4. The summed E-state index contributed by atoms with van der Waals surface area (Å²) in [6.45, 7) is 1.64. The standard InChI is InChI=1S/C11H11Cl3N2O3/c1-2-8(10(17)18)15-11(19)16-9-6(13)3-5(12)4-7(9)14/h3-4,8H,2H2,1H3,(H,17,18)(H2,15,16,19). The topological polar surface area (TPSA) is 78.4 Å². The number of urea groups is 1. The number of hydrogen-bond donors (Lipinski definition) is 3. The van der Waals surface area contributed by atoms with Crippen molar-refractivity contribution in [3.05, 3.63) is 27.2 Å². The number of carbonyl (C=O) groups is 2. The van der Waals surface area contributed by atoms with Gasteiger partial charge in [-0.2, -0.15) is 0 Å². The molecule has 2 amide bonds. The summed E-state index contributed by atoms with van der Waals surface area (Å²) in [4.78, 5) is 22.4. The molecule has 1 rings (SSSR count). The first-order valence-electron chi connectivity index (χ1n) is 5.30. The molecule has 1 aromatic carbocycles. The SMILES string of the molecule is CCC(NC(=O)Nc1c(Cl)cc(Cl)cc1Cl)C(=O)O. The highest BCUT2D eigenvalue weighted by Gasteiger charge is 2.18. The van der Waals surface area contributed by atoms with E-state index in [1.165, 1.54) is 12.1 Å². The van der Waals surface area contributed by atoms with Gasteiger partial charge >= 0.3 is 12.0 Å². The molecule has 19 heavy (non-hydrogen) atoms. The van der Waals surface area contributed by atoms with E-state index in [2.05, 4.69) is 10.6 Å². The van der Waals surface area contributed by atoms with E-state index in [0.717, 1.165) is 0 Å². The van der Waals surface area contributed by atoms with Gasteiger partial charge in [0.1, 0.15) is 6.04 Å². The van der Waals surface area contributed by atoms with Crippen LogP contribution in [0, 0.1) is 0 Å². The molecule has 0 aliphatic carbocycles. The van der Waals surface area contributed by atoms with E-state index in [1.807, 2.05) is 0 Å². The number of carboxylic acids is 1. The molecule has 0 spiro atoms. The molecular formula is C11H11Cl3N2O3. The molecule has 8 heteroatoms. The van der Waals surface area contributed by atoms with Crippen LogP contribution in [-0.4, -0.2) is 23.1 Å².